The number of aromatic nitrogens is 3. The molecule has 0 saturated heterocycles. The van der Waals surface area contributed by atoms with Crippen LogP contribution in [0.3, 0.4) is 0 Å². The fraction of sp³-hybridized carbons (Fsp3) is 0.800. The highest BCUT2D eigenvalue weighted by Crippen LogP contribution is 2.29. The van der Waals surface area contributed by atoms with Gasteiger partial charge < -0.3 is 15.0 Å². The fourth-order valence-electron chi connectivity index (χ4n) is 1.49. The lowest BCUT2D eigenvalue weighted by Crippen LogP contribution is -2.08. The van der Waals surface area contributed by atoms with Crippen molar-refractivity contribution in [3.63, 3.8) is 0 Å². The molecule has 6 heteroatoms. The van der Waals surface area contributed by atoms with Crippen LogP contribution in [0.4, 0.5) is 0 Å². The van der Waals surface area contributed by atoms with Crippen molar-refractivity contribution >= 4 is 11.8 Å². The zero-order chi connectivity index (χ0) is 11.4. The Balaban J connectivity index is 1.80. The van der Waals surface area contributed by atoms with E-state index >= 15 is 0 Å². The van der Waals surface area contributed by atoms with Crippen LogP contribution in [-0.2, 0) is 17.8 Å². The summed E-state index contributed by atoms with van der Waals surface area (Å²) in [5, 5.41) is 9.05. The molecule has 1 fully saturated rings. The third-order valence-corrected chi connectivity index (χ3v) is 3.46. The van der Waals surface area contributed by atoms with E-state index in [1.165, 1.54) is 12.8 Å². The maximum atomic E-state index is 5.58. The van der Waals surface area contributed by atoms with E-state index in [9.17, 15) is 0 Å². The third kappa shape index (κ3) is 2.96. The molecule has 90 valence electrons. The minimum absolute atomic E-state index is 0.435. The molecule has 0 aromatic carbocycles. The molecule has 0 atom stereocenters. The lowest BCUT2D eigenvalue weighted by atomic mass is 10.5. The van der Waals surface area contributed by atoms with Gasteiger partial charge in [-0.2, -0.15) is 0 Å². The number of hydrogen-bond acceptors (Lipinski definition) is 5. The maximum absolute atomic E-state index is 5.58. The number of ether oxygens (including phenoxy) is 1. The molecular formula is C10H18N4OS. The number of thioether (sulfide) groups is 1. The van der Waals surface area contributed by atoms with Gasteiger partial charge in [0.2, 0.25) is 0 Å². The van der Waals surface area contributed by atoms with E-state index in [2.05, 4.69) is 17.1 Å². The largest absolute Gasteiger partial charge is 0.370 e. The summed E-state index contributed by atoms with van der Waals surface area (Å²) in [6.07, 6.45) is 2.65. The monoisotopic (exact) mass is 242 g/mol. The molecule has 1 heterocycles. The molecule has 0 aliphatic heterocycles. The second-order valence-corrected chi connectivity index (χ2v) is 4.81. The molecule has 1 aromatic rings. The maximum Gasteiger partial charge on any atom is 0.193 e. The van der Waals surface area contributed by atoms with Crippen LogP contribution in [0.5, 0.6) is 0 Å². The highest BCUT2D eigenvalue weighted by molar-refractivity contribution is 7.99. The number of rotatable bonds is 7. The first-order valence-electron chi connectivity index (χ1n) is 5.67. The quantitative estimate of drug-likeness (QED) is 0.442. The summed E-state index contributed by atoms with van der Waals surface area (Å²) in [4.78, 5) is 0. The summed E-state index contributed by atoms with van der Waals surface area (Å²) in [7, 11) is 0. The summed E-state index contributed by atoms with van der Waals surface area (Å²) in [6, 6.07) is 0. The van der Waals surface area contributed by atoms with Crippen molar-refractivity contribution < 1.29 is 4.74 Å². The van der Waals surface area contributed by atoms with E-state index in [0.29, 0.717) is 12.5 Å². The molecule has 0 radical (unpaired) electrons. The first-order valence-corrected chi connectivity index (χ1v) is 6.66. The van der Waals surface area contributed by atoms with E-state index in [1.807, 2.05) is 4.57 Å². The summed E-state index contributed by atoms with van der Waals surface area (Å²) in [6.45, 7) is 4.24. The lowest BCUT2D eigenvalue weighted by Gasteiger charge is -2.06. The first-order chi connectivity index (χ1) is 7.85. The Kier molecular flexibility index (Phi) is 4.20. The van der Waals surface area contributed by atoms with Gasteiger partial charge >= 0.3 is 0 Å². The van der Waals surface area contributed by atoms with E-state index in [-0.39, 0.29) is 0 Å². The van der Waals surface area contributed by atoms with Crippen LogP contribution < -0.4 is 5.73 Å². The molecule has 0 bridgehead atoms. The lowest BCUT2D eigenvalue weighted by molar-refractivity contribution is 0.170. The average molecular weight is 242 g/mol. The zero-order valence-corrected chi connectivity index (χ0v) is 10.4. The molecule has 0 unspecified atom stereocenters. The van der Waals surface area contributed by atoms with Crippen LogP contribution in [0, 0.1) is 5.92 Å². The van der Waals surface area contributed by atoms with Gasteiger partial charge in [0, 0.05) is 6.54 Å². The van der Waals surface area contributed by atoms with Crippen LogP contribution in [0.1, 0.15) is 25.6 Å². The van der Waals surface area contributed by atoms with Gasteiger partial charge in [-0.25, -0.2) is 0 Å². The standard InChI is InChI=1S/C10H18N4OS/c1-2-14-9(5-11)12-13-10(14)16-7-15-6-8-3-4-8/h8H,2-7,11H2,1H3. The van der Waals surface area contributed by atoms with Gasteiger partial charge in [0.15, 0.2) is 5.16 Å². The van der Waals surface area contributed by atoms with Crippen molar-refractivity contribution in [2.45, 2.75) is 38.0 Å². The molecule has 0 spiro atoms. The van der Waals surface area contributed by atoms with Gasteiger partial charge in [0.25, 0.3) is 0 Å². The second-order valence-electron chi connectivity index (χ2n) is 3.92. The Morgan fingerprint density at radius 2 is 2.31 bits per heavy atom. The van der Waals surface area contributed by atoms with Gasteiger partial charge in [-0.05, 0) is 25.7 Å². The van der Waals surface area contributed by atoms with E-state index in [0.717, 1.165) is 30.1 Å². The Labute approximate surface area is 99.7 Å². The minimum atomic E-state index is 0.435. The topological polar surface area (TPSA) is 66.0 Å². The van der Waals surface area contributed by atoms with Gasteiger partial charge in [0.05, 0.1) is 19.1 Å². The molecule has 1 aliphatic carbocycles. The highest BCUT2D eigenvalue weighted by atomic mass is 32.2. The average Bonchev–Trinajstić information content (AvgIpc) is 3.04. The van der Waals surface area contributed by atoms with Crippen molar-refractivity contribution in [1.29, 1.82) is 0 Å². The molecule has 1 aromatic heterocycles. The van der Waals surface area contributed by atoms with Crippen molar-refractivity contribution in [1.82, 2.24) is 14.8 Å². The van der Waals surface area contributed by atoms with Crippen molar-refractivity contribution in [3.8, 4) is 0 Å². The Morgan fingerprint density at radius 3 is 2.94 bits per heavy atom. The second kappa shape index (κ2) is 5.65. The summed E-state index contributed by atoms with van der Waals surface area (Å²) in [5.41, 5.74) is 5.58. The third-order valence-electron chi connectivity index (χ3n) is 2.61. The zero-order valence-electron chi connectivity index (χ0n) is 9.56. The van der Waals surface area contributed by atoms with Crippen molar-refractivity contribution in [2.75, 3.05) is 12.5 Å². The summed E-state index contributed by atoms with van der Waals surface area (Å²) in [5.74, 6) is 2.30. The highest BCUT2D eigenvalue weighted by Gasteiger charge is 2.21. The first kappa shape index (κ1) is 11.9. The SMILES string of the molecule is CCn1c(CN)nnc1SCOCC1CC1. The van der Waals surface area contributed by atoms with E-state index < -0.39 is 0 Å². The fourth-order valence-corrected chi connectivity index (χ4v) is 2.26. The van der Waals surface area contributed by atoms with E-state index in [4.69, 9.17) is 10.5 Å². The van der Waals surface area contributed by atoms with Gasteiger partial charge in [-0.15, -0.1) is 10.2 Å². The Hall–Kier alpha value is -0.590. The molecule has 2 N–H and O–H groups in total. The Morgan fingerprint density at radius 1 is 1.50 bits per heavy atom. The predicted molar refractivity (Wildman–Crippen MR) is 63.0 cm³/mol. The van der Waals surface area contributed by atoms with Crippen LogP contribution >= 0.6 is 11.8 Å². The van der Waals surface area contributed by atoms with Gasteiger partial charge in [0.1, 0.15) is 5.82 Å². The van der Waals surface area contributed by atoms with Crippen LogP contribution in [0.15, 0.2) is 5.16 Å². The minimum Gasteiger partial charge on any atom is -0.370 e. The summed E-state index contributed by atoms with van der Waals surface area (Å²) < 4.78 is 7.59. The molecule has 0 amide bonds. The number of hydrogen-bond donors (Lipinski definition) is 1. The van der Waals surface area contributed by atoms with Gasteiger partial charge in [-0.1, -0.05) is 11.8 Å². The molecular weight excluding hydrogens is 224 g/mol. The van der Waals surface area contributed by atoms with Crippen LogP contribution in [0.2, 0.25) is 0 Å². The van der Waals surface area contributed by atoms with Crippen LogP contribution in [-0.4, -0.2) is 27.3 Å². The molecule has 5 nitrogen and oxygen atoms in total. The smallest absolute Gasteiger partial charge is 0.193 e. The normalized spacial score (nSPS) is 15.6. The number of nitrogens with two attached hydrogens (primary N) is 1. The summed E-state index contributed by atoms with van der Waals surface area (Å²) >= 11 is 1.59. The molecule has 1 aliphatic rings. The molecule has 1 saturated carbocycles. The van der Waals surface area contributed by atoms with Crippen LogP contribution in [0.25, 0.3) is 0 Å². The van der Waals surface area contributed by atoms with Crippen molar-refractivity contribution in [2.24, 2.45) is 11.7 Å². The number of nitrogens with zero attached hydrogens (tertiary/aromatic N) is 3. The Bertz CT molecular complexity index is 338. The molecule has 2 rings (SSSR count). The van der Waals surface area contributed by atoms with Crippen molar-refractivity contribution in [3.05, 3.63) is 5.82 Å². The molecule has 16 heavy (non-hydrogen) atoms. The predicted octanol–water partition coefficient (Wildman–Crippen LogP) is 1.23. The van der Waals surface area contributed by atoms with E-state index in [1.54, 1.807) is 11.8 Å². The van der Waals surface area contributed by atoms with Gasteiger partial charge in [-0.3, -0.25) is 0 Å².